The molecular weight excluding hydrogens is 357 g/mol. The van der Waals surface area contributed by atoms with Gasteiger partial charge in [-0.2, -0.15) is 0 Å². The van der Waals surface area contributed by atoms with Crippen LogP contribution in [0.2, 0.25) is 0 Å². The number of hydrogen-bond donors (Lipinski definition) is 1. The number of benzene rings is 2. The molecule has 5 nitrogen and oxygen atoms in total. The van der Waals surface area contributed by atoms with Crippen molar-refractivity contribution in [3.63, 3.8) is 0 Å². The third kappa shape index (κ3) is 3.71. The van der Waals surface area contributed by atoms with Crippen LogP contribution in [-0.4, -0.2) is 15.3 Å². The first-order chi connectivity index (χ1) is 13.6. The monoisotopic (exact) mass is 375 g/mol. The van der Waals surface area contributed by atoms with Gasteiger partial charge < -0.3 is 14.5 Å². The first kappa shape index (κ1) is 17.7. The second-order valence-corrected chi connectivity index (χ2v) is 6.40. The van der Waals surface area contributed by atoms with Crippen molar-refractivity contribution >= 4 is 17.2 Å². The smallest absolute Gasteiger partial charge is 0.259 e. The predicted octanol–water partition coefficient (Wildman–Crippen LogP) is 4.61. The van der Waals surface area contributed by atoms with Gasteiger partial charge in [-0.1, -0.05) is 24.3 Å². The number of nitrogens with one attached hydrogen (secondary N) is 1. The lowest BCUT2D eigenvalue weighted by Crippen LogP contribution is -2.14. The number of aryl methyl sites for hydroxylation is 1. The summed E-state index contributed by atoms with van der Waals surface area (Å²) in [4.78, 5) is 17.2. The molecule has 1 amide bonds. The van der Waals surface area contributed by atoms with Crippen LogP contribution in [0.5, 0.6) is 5.75 Å². The first-order valence-electron chi connectivity index (χ1n) is 8.82. The highest BCUT2D eigenvalue weighted by Crippen LogP contribution is 2.23. The Labute approximate surface area is 161 Å². The van der Waals surface area contributed by atoms with Crippen LogP contribution < -0.4 is 10.1 Å². The van der Waals surface area contributed by atoms with E-state index in [1.807, 2.05) is 35.0 Å². The van der Waals surface area contributed by atoms with Crippen LogP contribution in [0.25, 0.3) is 5.65 Å². The number of anilines is 1. The zero-order chi connectivity index (χ0) is 19.5. The number of carbonyl (C=O) groups is 1. The molecule has 0 saturated heterocycles. The standard InChI is InChI=1S/C22H18FN3O2/c1-15-9-10-16(23)12-19(15)25-22(27)18-6-2-3-7-20(18)28-14-17-13-26-11-5-4-8-21(26)24-17/h2-13H,14H2,1H3,(H,25,27). The molecular formula is C22H18FN3O2. The van der Waals surface area contributed by atoms with E-state index in [4.69, 9.17) is 4.74 Å². The van der Waals surface area contributed by atoms with Crippen LogP contribution in [0.1, 0.15) is 21.6 Å². The van der Waals surface area contributed by atoms with Gasteiger partial charge in [-0.05, 0) is 48.9 Å². The number of rotatable bonds is 5. The number of ether oxygens (including phenoxy) is 1. The van der Waals surface area contributed by atoms with Gasteiger partial charge in [0.05, 0.1) is 11.3 Å². The molecule has 0 aliphatic rings. The highest BCUT2D eigenvalue weighted by Gasteiger charge is 2.14. The lowest BCUT2D eigenvalue weighted by atomic mass is 10.1. The predicted molar refractivity (Wildman–Crippen MR) is 105 cm³/mol. The van der Waals surface area contributed by atoms with E-state index in [1.54, 1.807) is 37.3 Å². The lowest BCUT2D eigenvalue weighted by molar-refractivity contribution is 0.102. The molecule has 2 heterocycles. The second kappa shape index (κ2) is 7.52. The van der Waals surface area contributed by atoms with E-state index in [0.717, 1.165) is 16.9 Å². The number of hydrogen-bond acceptors (Lipinski definition) is 3. The van der Waals surface area contributed by atoms with E-state index in [0.29, 0.717) is 17.0 Å². The largest absolute Gasteiger partial charge is 0.486 e. The molecule has 0 fully saturated rings. The number of imidazole rings is 1. The van der Waals surface area contributed by atoms with Gasteiger partial charge in [-0.15, -0.1) is 0 Å². The molecule has 2 aromatic heterocycles. The van der Waals surface area contributed by atoms with Gasteiger partial charge in [-0.25, -0.2) is 9.37 Å². The van der Waals surface area contributed by atoms with E-state index in [9.17, 15) is 9.18 Å². The Bertz CT molecular complexity index is 1120. The summed E-state index contributed by atoms with van der Waals surface area (Å²) in [5.41, 5.74) is 3.16. The van der Waals surface area contributed by atoms with Crippen LogP contribution in [-0.2, 0) is 6.61 Å². The maximum absolute atomic E-state index is 13.5. The molecule has 0 atom stereocenters. The SMILES string of the molecule is Cc1ccc(F)cc1NC(=O)c1ccccc1OCc1cn2ccccc2n1. The number of carbonyl (C=O) groups excluding carboxylic acids is 1. The van der Waals surface area contributed by atoms with E-state index in [2.05, 4.69) is 10.3 Å². The van der Waals surface area contributed by atoms with Gasteiger partial charge in [0.15, 0.2) is 0 Å². The summed E-state index contributed by atoms with van der Waals surface area (Å²) in [6.07, 6.45) is 3.79. The Morgan fingerprint density at radius 2 is 1.96 bits per heavy atom. The zero-order valence-corrected chi connectivity index (χ0v) is 15.2. The molecule has 1 N–H and O–H groups in total. The Morgan fingerprint density at radius 1 is 1.14 bits per heavy atom. The molecule has 6 heteroatoms. The number of nitrogens with zero attached hydrogens (tertiary/aromatic N) is 2. The van der Waals surface area contributed by atoms with Gasteiger partial charge >= 0.3 is 0 Å². The number of aromatic nitrogens is 2. The normalized spacial score (nSPS) is 10.8. The van der Waals surface area contributed by atoms with Crippen LogP contribution in [0.3, 0.4) is 0 Å². The van der Waals surface area contributed by atoms with Gasteiger partial charge in [0.1, 0.15) is 23.8 Å². The summed E-state index contributed by atoms with van der Waals surface area (Å²) in [5.74, 6) is -0.331. The van der Waals surface area contributed by atoms with Crippen molar-refractivity contribution in [1.82, 2.24) is 9.38 Å². The molecule has 0 aliphatic heterocycles. The molecule has 0 saturated carbocycles. The van der Waals surface area contributed by atoms with Crippen molar-refractivity contribution in [3.8, 4) is 5.75 Å². The molecule has 140 valence electrons. The van der Waals surface area contributed by atoms with Gasteiger partial charge in [0, 0.05) is 18.1 Å². The molecule has 2 aromatic carbocycles. The molecule has 28 heavy (non-hydrogen) atoms. The summed E-state index contributed by atoms with van der Waals surface area (Å²) in [6, 6.07) is 17.0. The molecule has 0 spiro atoms. The van der Waals surface area contributed by atoms with Crippen molar-refractivity contribution in [1.29, 1.82) is 0 Å². The number of amides is 1. The van der Waals surface area contributed by atoms with Crippen LogP contribution in [0, 0.1) is 12.7 Å². The molecule has 0 radical (unpaired) electrons. The van der Waals surface area contributed by atoms with E-state index in [1.165, 1.54) is 12.1 Å². The summed E-state index contributed by atoms with van der Waals surface area (Å²) in [6.45, 7) is 2.03. The quantitative estimate of drug-likeness (QED) is 0.554. The van der Waals surface area contributed by atoms with Crippen molar-refractivity contribution in [2.24, 2.45) is 0 Å². The van der Waals surface area contributed by atoms with Crippen molar-refractivity contribution < 1.29 is 13.9 Å². The maximum Gasteiger partial charge on any atom is 0.259 e. The highest BCUT2D eigenvalue weighted by molar-refractivity contribution is 6.06. The lowest BCUT2D eigenvalue weighted by Gasteiger charge is -2.12. The van der Waals surface area contributed by atoms with Gasteiger partial charge in [0.25, 0.3) is 5.91 Å². The van der Waals surface area contributed by atoms with Crippen molar-refractivity contribution in [3.05, 3.63) is 95.7 Å². The summed E-state index contributed by atoms with van der Waals surface area (Å²) < 4.78 is 21.3. The Balaban J connectivity index is 1.52. The summed E-state index contributed by atoms with van der Waals surface area (Å²) in [5, 5.41) is 2.75. The molecule has 4 rings (SSSR count). The minimum atomic E-state index is -0.405. The summed E-state index contributed by atoms with van der Waals surface area (Å²) in [7, 11) is 0. The third-order valence-electron chi connectivity index (χ3n) is 4.37. The van der Waals surface area contributed by atoms with Crippen LogP contribution in [0.4, 0.5) is 10.1 Å². The van der Waals surface area contributed by atoms with Crippen molar-refractivity contribution in [2.45, 2.75) is 13.5 Å². The van der Waals surface area contributed by atoms with E-state index < -0.39 is 5.82 Å². The second-order valence-electron chi connectivity index (χ2n) is 6.40. The Kier molecular flexibility index (Phi) is 4.76. The Morgan fingerprint density at radius 3 is 2.82 bits per heavy atom. The van der Waals surface area contributed by atoms with E-state index >= 15 is 0 Å². The van der Waals surface area contributed by atoms with Crippen LogP contribution in [0.15, 0.2) is 73.1 Å². The third-order valence-corrected chi connectivity index (χ3v) is 4.37. The van der Waals surface area contributed by atoms with Gasteiger partial charge in [-0.3, -0.25) is 4.79 Å². The van der Waals surface area contributed by atoms with Gasteiger partial charge in [0.2, 0.25) is 0 Å². The maximum atomic E-state index is 13.5. The average Bonchev–Trinajstić information content (AvgIpc) is 3.12. The van der Waals surface area contributed by atoms with Crippen molar-refractivity contribution in [2.75, 3.05) is 5.32 Å². The fraction of sp³-hybridized carbons (Fsp3) is 0.0909. The fourth-order valence-corrected chi connectivity index (χ4v) is 2.91. The number of fused-ring (bicyclic) bond motifs is 1. The fourth-order valence-electron chi connectivity index (χ4n) is 2.91. The molecule has 4 aromatic rings. The summed E-state index contributed by atoms with van der Waals surface area (Å²) >= 11 is 0. The zero-order valence-electron chi connectivity index (χ0n) is 15.2. The average molecular weight is 375 g/mol. The van der Waals surface area contributed by atoms with Crippen LogP contribution >= 0.6 is 0 Å². The molecule has 0 bridgehead atoms. The first-order valence-corrected chi connectivity index (χ1v) is 8.82. The van der Waals surface area contributed by atoms with E-state index in [-0.39, 0.29) is 12.5 Å². The number of para-hydroxylation sites is 1. The topological polar surface area (TPSA) is 55.6 Å². The highest BCUT2D eigenvalue weighted by atomic mass is 19.1. The minimum Gasteiger partial charge on any atom is -0.486 e. The minimum absolute atomic E-state index is 0.227. The number of pyridine rings is 1. The number of halogens is 1. The Hall–Kier alpha value is -3.67. The molecule has 0 aliphatic carbocycles. The molecule has 0 unspecified atom stereocenters.